The predicted octanol–water partition coefficient (Wildman–Crippen LogP) is 6.37. The van der Waals surface area contributed by atoms with Crippen LogP contribution in [0.25, 0.3) is 22.2 Å². The third-order valence-electron chi connectivity index (χ3n) is 6.02. The molecule has 3 aromatic rings. The second-order valence-electron chi connectivity index (χ2n) is 8.48. The molecule has 2 aromatic heterocycles. The topological polar surface area (TPSA) is 84.4 Å². The minimum absolute atomic E-state index is 0.328. The number of nitrogens with zero attached hydrogens (tertiary/aromatic N) is 3. The molecule has 0 unspecified atom stereocenters. The molecule has 2 heterocycles. The second-order valence-corrected chi connectivity index (χ2v) is 8.48. The number of carbonyl (C=O) groups is 1. The van der Waals surface area contributed by atoms with Crippen LogP contribution in [0.1, 0.15) is 64.2 Å². The van der Waals surface area contributed by atoms with Gasteiger partial charge in [0, 0.05) is 35.4 Å². The van der Waals surface area contributed by atoms with Gasteiger partial charge in [0.1, 0.15) is 0 Å². The monoisotopic (exact) mass is 436 g/mol. The van der Waals surface area contributed by atoms with Crippen molar-refractivity contribution < 1.29 is 10.0 Å². The summed E-state index contributed by atoms with van der Waals surface area (Å²) in [6.07, 6.45) is 15.5. The Morgan fingerprint density at radius 2 is 1.56 bits per heavy atom. The number of fused-ring (bicyclic) bond motifs is 1. The molecular weight excluding hydrogens is 400 g/mol. The SMILES string of the molecule is NC(=O)N(O)CCCCCCCCCCCCn1c(-c2cccnc2)cc2ccccc21. The molecule has 32 heavy (non-hydrogen) atoms. The molecule has 6 nitrogen and oxygen atoms in total. The van der Waals surface area contributed by atoms with Crippen LogP contribution in [0.4, 0.5) is 4.79 Å². The summed E-state index contributed by atoms with van der Waals surface area (Å²) in [7, 11) is 0. The van der Waals surface area contributed by atoms with E-state index in [-0.39, 0.29) is 0 Å². The molecule has 3 rings (SSSR count). The van der Waals surface area contributed by atoms with E-state index < -0.39 is 6.03 Å². The number of hydrogen-bond acceptors (Lipinski definition) is 3. The quantitative estimate of drug-likeness (QED) is 0.175. The molecule has 0 saturated carbocycles. The number of pyridine rings is 1. The van der Waals surface area contributed by atoms with Gasteiger partial charge in [-0.25, -0.2) is 9.86 Å². The molecule has 172 valence electrons. The van der Waals surface area contributed by atoms with Crippen LogP contribution in [0.15, 0.2) is 54.9 Å². The fraction of sp³-hybridized carbons (Fsp3) is 0.462. The number of primary amides is 1. The van der Waals surface area contributed by atoms with Crippen LogP contribution >= 0.6 is 0 Å². The summed E-state index contributed by atoms with van der Waals surface area (Å²) in [5.41, 5.74) is 8.70. The highest BCUT2D eigenvalue weighted by Gasteiger charge is 2.10. The third-order valence-corrected chi connectivity index (χ3v) is 6.02. The Hall–Kier alpha value is -2.86. The van der Waals surface area contributed by atoms with Gasteiger partial charge in [0.25, 0.3) is 0 Å². The maximum absolute atomic E-state index is 10.7. The summed E-state index contributed by atoms with van der Waals surface area (Å²) >= 11 is 0. The highest BCUT2D eigenvalue weighted by molar-refractivity contribution is 5.86. The minimum atomic E-state index is -0.775. The van der Waals surface area contributed by atoms with Crippen molar-refractivity contribution in [1.82, 2.24) is 14.6 Å². The van der Waals surface area contributed by atoms with Gasteiger partial charge < -0.3 is 10.3 Å². The number of para-hydroxylation sites is 1. The Bertz CT molecular complexity index is 955. The highest BCUT2D eigenvalue weighted by atomic mass is 16.5. The molecular formula is C26H36N4O2. The van der Waals surface area contributed by atoms with Crippen LogP contribution in [-0.4, -0.2) is 32.4 Å². The van der Waals surface area contributed by atoms with Crippen molar-refractivity contribution in [3.05, 3.63) is 54.9 Å². The predicted molar refractivity (Wildman–Crippen MR) is 129 cm³/mol. The van der Waals surface area contributed by atoms with Gasteiger partial charge in [0.15, 0.2) is 0 Å². The van der Waals surface area contributed by atoms with E-state index in [4.69, 9.17) is 5.73 Å². The van der Waals surface area contributed by atoms with E-state index in [1.54, 1.807) is 0 Å². The lowest BCUT2D eigenvalue weighted by molar-refractivity contribution is -0.0403. The van der Waals surface area contributed by atoms with Gasteiger partial charge in [-0.15, -0.1) is 0 Å². The molecule has 0 aliphatic heterocycles. The Morgan fingerprint density at radius 3 is 2.22 bits per heavy atom. The maximum Gasteiger partial charge on any atom is 0.338 e. The van der Waals surface area contributed by atoms with Crippen molar-refractivity contribution in [2.45, 2.75) is 70.8 Å². The number of carbonyl (C=O) groups excluding carboxylic acids is 1. The molecule has 0 radical (unpaired) electrons. The largest absolute Gasteiger partial charge is 0.350 e. The zero-order chi connectivity index (χ0) is 22.6. The van der Waals surface area contributed by atoms with E-state index in [9.17, 15) is 10.0 Å². The first-order valence-corrected chi connectivity index (χ1v) is 11.9. The van der Waals surface area contributed by atoms with Gasteiger partial charge in [-0.2, -0.15) is 0 Å². The van der Waals surface area contributed by atoms with E-state index in [1.165, 1.54) is 67.1 Å². The van der Waals surface area contributed by atoms with E-state index in [1.807, 2.05) is 18.5 Å². The molecule has 0 spiro atoms. The van der Waals surface area contributed by atoms with Crippen molar-refractivity contribution >= 4 is 16.9 Å². The molecule has 0 atom stereocenters. The second kappa shape index (κ2) is 12.9. The van der Waals surface area contributed by atoms with Crippen LogP contribution in [-0.2, 0) is 6.54 Å². The molecule has 1 aromatic carbocycles. The van der Waals surface area contributed by atoms with Gasteiger partial charge in [-0.05, 0) is 37.1 Å². The summed E-state index contributed by atoms with van der Waals surface area (Å²) in [5.74, 6) is 0. The summed E-state index contributed by atoms with van der Waals surface area (Å²) in [6, 6.07) is 14.2. The maximum atomic E-state index is 10.7. The van der Waals surface area contributed by atoms with E-state index >= 15 is 0 Å². The van der Waals surface area contributed by atoms with Crippen molar-refractivity contribution in [2.24, 2.45) is 5.73 Å². The number of nitrogens with two attached hydrogens (primary N) is 1. The zero-order valence-electron chi connectivity index (χ0n) is 19.0. The summed E-state index contributed by atoms with van der Waals surface area (Å²) in [5, 5.41) is 11.1. The number of aromatic nitrogens is 2. The number of urea groups is 1. The number of amides is 2. The van der Waals surface area contributed by atoms with Crippen LogP contribution < -0.4 is 5.73 Å². The van der Waals surface area contributed by atoms with E-state index in [0.717, 1.165) is 25.8 Å². The highest BCUT2D eigenvalue weighted by Crippen LogP contribution is 2.28. The number of hydroxylamine groups is 2. The number of rotatable bonds is 14. The van der Waals surface area contributed by atoms with Crippen molar-refractivity contribution in [1.29, 1.82) is 0 Å². The summed E-state index contributed by atoms with van der Waals surface area (Å²) in [4.78, 5) is 15.0. The Morgan fingerprint density at radius 1 is 0.906 bits per heavy atom. The average Bonchev–Trinajstić information content (AvgIpc) is 3.18. The van der Waals surface area contributed by atoms with Crippen LogP contribution in [0, 0.1) is 0 Å². The molecule has 0 aliphatic rings. The van der Waals surface area contributed by atoms with Crippen LogP contribution in [0.5, 0.6) is 0 Å². The molecule has 0 aliphatic carbocycles. The van der Waals surface area contributed by atoms with Crippen molar-refractivity contribution in [3.8, 4) is 11.3 Å². The summed E-state index contributed by atoms with van der Waals surface area (Å²) in [6.45, 7) is 1.36. The average molecular weight is 437 g/mol. The van der Waals surface area contributed by atoms with Gasteiger partial charge in [-0.1, -0.05) is 69.6 Å². The number of aryl methyl sites for hydroxylation is 1. The van der Waals surface area contributed by atoms with Crippen molar-refractivity contribution in [3.63, 3.8) is 0 Å². The fourth-order valence-corrected chi connectivity index (χ4v) is 4.26. The number of benzene rings is 1. The molecule has 0 bridgehead atoms. The lowest BCUT2D eigenvalue weighted by Gasteiger charge is -2.11. The lowest BCUT2D eigenvalue weighted by atomic mass is 10.1. The first-order valence-electron chi connectivity index (χ1n) is 11.9. The lowest BCUT2D eigenvalue weighted by Crippen LogP contribution is -2.33. The Labute approximate surface area is 191 Å². The molecule has 0 fully saturated rings. The molecule has 2 amide bonds. The first-order chi connectivity index (χ1) is 15.7. The smallest absolute Gasteiger partial charge is 0.338 e. The zero-order valence-corrected chi connectivity index (χ0v) is 19.0. The third kappa shape index (κ3) is 7.09. The molecule has 0 saturated heterocycles. The van der Waals surface area contributed by atoms with Crippen LogP contribution in [0.3, 0.4) is 0 Å². The van der Waals surface area contributed by atoms with E-state index in [2.05, 4.69) is 45.9 Å². The van der Waals surface area contributed by atoms with Gasteiger partial charge in [0.2, 0.25) is 0 Å². The minimum Gasteiger partial charge on any atom is -0.350 e. The number of unbranched alkanes of at least 4 members (excludes halogenated alkanes) is 9. The molecule has 6 heteroatoms. The number of hydrogen-bond donors (Lipinski definition) is 2. The van der Waals surface area contributed by atoms with E-state index in [0.29, 0.717) is 11.6 Å². The van der Waals surface area contributed by atoms with Crippen molar-refractivity contribution in [2.75, 3.05) is 6.54 Å². The normalized spacial score (nSPS) is 11.2. The fourth-order valence-electron chi connectivity index (χ4n) is 4.26. The first kappa shape index (κ1) is 23.8. The Balaban J connectivity index is 1.32. The summed E-state index contributed by atoms with van der Waals surface area (Å²) < 4.78 is 2.44. The van der Waals surface area contributed by atoms with Gasteiger partial charge in [0.05, 0.1) is 12.2 Å². The van der Waals surface area contributed by atoms with Gasteiger partial charge >= 0.3 is 6.03 Å². The standard InChI is InChI=1S/C26H36N4O2/c27-26(31)30(32)19-12-8-6-4-2-1-3-5-7-11-18-29-24-16-10-9-14-22(24)20-25(29)23-15-13-17-28-21-23/h9-10,13-17,20-21,32H,1-8,11-12,18-19H2,(H2,27,31). The Kier molecular flexibility index (Phi) is 9.57. The molecule has 3 N–H and O–H groups in total. The van der Waals surface area contributed by atoms with Crippen LogP contribution in [0.2, 0.25) is 0 Å². The van der Waals surface area contributed by atoms with Gasteiger partial charge in [-0.3, -0.25) is 10.2 Å².